The van der Waals surface area contributed by atoms with Crippen molar-refractivity contribution >= 4 is 23.5 Å². The van der Waals surface area contributed by atoms with Gasteiger partial charge < -0.3 is 19.1 Å². The number of ether oxygens (including phenoxy) is 2. The van der Waals surface area contributed by atoms with E-state index >= 15 is 0 Å². The maximum absolute atomic E-state index is 11.8. The molecule has 8 heteroatoms. The molecule has 24 heavy (non-hydrogen) atoms. The summed E-state index contributed by atoms with van der Waals surface area (Å²) in [6, 6.07) is 5.57. The zero-order chi connectivity index (χ0) is 16.5. The Labute approximate surface area is 185 Å². The predicted octanol–water partition coefficient (Wildman–Crippen LogP) is -4.41. The Kier molecular flexibility index (Phi) is 14.4. The summed E-state index contributed by atoms with van der Waals surface area (Å²) in [5.74, 6) is -2.48. The molecule has 0 aliphatic carbocycles. The summed E-state index contributed by atoms with van der Waals surface area (Å²) in [7, 11) is 0. The van der Waals surface area contributed by atoms with Crippen molar-refractivity contribution in [1.29, 1.82) is 0 Å². The van der Waals surface area contributed by atoms with E-state index in [1.807, 2.05) is 0 Å². The molecule has 0 amide bonds. The van der Waals surface area contributed by atoms with Crippen molar-refractivity contribution in [2.45, 2.75) is 13.8 Å². The number of Topliss-reactive ketones (excluding diaryl/α,β-unsaturated/α-hetero) is 2. The third-order valence-corrected chi connectivity index (χ3v) is 2.53. The second-order valence-corrected chi connectivity index (χ2v) is 4.10. The van der Waals surface area contributed by atoms with E-state index in [1.54, 1.807) is 13.8 Å². The van der Waals surface area contributed by atoms with Gasteiger partial charge >= 0.3 is 59.1 Å². The summed E-state index contributed by atoms with van der Waals surface area (Å²) in [5, 5.41) is 0. The van der Waals surface area contributed by atoms with Gasteiger partial charge in [0, 0.05) is 11.6 Å². The van der Waals surface area contributed by atoms with Gasteiger partial charge in [0.25, 0.3) is 11.9 Å². The molecule has 1 aromatic rings. The van der Waals surface area contributed by atoms with Gasteiger partial charge in [0.1, 0.15) is 0 Å². The minimum atomic E-state index is -0.719. The smallest absolute Gasteiger partial charge is 0.476 e. The molecule has 0 saturated carbocycles. The number of carbonyl (C=O) groups is 4. The molecule has 0 aromatic heterocycles. The number of hydrogen-bond donors (Lipinski definition) is 0. The maximum atomic E-state index is 11.8. The van der Waals surface area contributed by atoms with E-state index < -0.39 is 23.5 Å². The molecule has 0 unspecified atom stereocenters. The molecule has 6 nitrogen and oxygen atoms in total. The molecule has 1 rings (SSSR count). The number of rotatable bonds is 8. The Morgan fingerprint density at radius 2 is 1.04 bits per heavy atom. The summed E-state index contributed by atoms with van der Waals surface area (Å²) in [4.78, 5) is 45.9. The summed E-state index contributed by atoms with van der Waals surface area (Å²) >= 11 is 0. The third kappa shape index (κ3) is 8.92. The number of hydrogen-bond acceptors (Lipinski definition) is 6. The molecule has 0 bridgehead atoms. The van der Waals surface area contributed by atoms with Crippen LogP contribution in [0.3, 0.4) is 0 Å². The summed E-state index contributed by atoms with van der Waals surface area (Å²) in [6.45, 7) is 3.63. The van der Waals surface area contributed by atoms with Crippen LogP contribution in [0.5, 0.6) is 0 Å². The molecule has 0 fully saturated rings. The minimum absolute atomic E-state index is 0. The molecule has 0 spiro atoms. The van der Waals surface area contributed by atoms with Crippen LogP contribution in [-0.2, 0) is 19.1 Å². The summed E-state index contributed by atoms with van der Waals surface area (Å²) < 4.78 is 9.27. The number of benzene rings is 1. The molecule has 0 radical (unpaired) electrons. The van der Waals surface area contributed by atoms with E-state index in [9.17, 15) is 19.2 Å². The van der Waals surface area contributed by atoms with Crippen LogP contribution < -0.4 is 59.1 Å². The van der Waals surface area contributed by atoms with Gasteiger partial charge in [-0.2, -0.15) is 24.3 Å². The fraction of sp³-hybridized carbons (Fsp3) is 0.250. The van der Waals surface area contributed by atoms with Crippen LogP contribution in [0, 0.1) is 12.8 Å². The zero-order valence-corrected chi connectivity index (χ0v) is 18.3. The zero-order valence-electron chi connectivity index (χ0n) is 14.3. The molecule has 0 N–H and O–H groups in total. The Morgan fingerprint density at radius 3 is 1.29 bits per heavy atom. The largest absolute Gasteiger partial charge is 1.00 e. The van der Waals surface area contributed by atoms with Crippen LogP contribution in [0.2, 0.25) is 0 Å². The van der Waals surface area contributed by atoms with Gasteiger partial charge in [-0.25, -0.2) is 0 Å². The van der Waals surface area contributed by atoms with Crippen LogP contribution in [-0.4, -0.2) is 36.7 Å². The number of ketones is 2. The monoisotopic (exact) mass is 350 g/mol. The van der Waals surface area contributed by atoms with Crippen molar-refractivity contribution in [1.82, 2.24) is 0 Å². The standard InChI is InChI=1S/C16H16O6.2Na/c1-3-21-15(19)9-13(17)11-5-7-12(8-6-11)14(18)10-16(20)22-4-2;;/h5-10H,3-4H2,1-2H3;;/q-2;2*+1. The van der Waals surface area contributed by atoms with Gasteiger partial charge in [-0.15, -0.1) is 11.1 Å². The Hall–Kier alpha value is -0.760. The molecule has 1 aromatic carbocycles. The summed E-state index contributed by atoms with van der Waals surface area (Å²) in [6.07, 6.45) is 1.68. The van der Waals surface area contributed by atoms with Crippen LogP contribution in [0.1, 0.15) is 34.6 Å². The van der Waals surface area contributed by atoms with E-state index in [-0.39, 0.29) is 83.5 Å². The van der Waals surface area contributed by atoms with Crippen LogP contribution in [0.4, 0.5) is 0 Å². The molecule has 0 saturated heterocycles. The van der Waals surface area contributed by atoms with Gasteiger partial charge in [0.2, 0.25) is 0 Å². The van der Waals surface area contributed by atoms with Gasteiger partial charge in [-0.05, 0) is 13.8 Å². The first-order valence-electron chi connectivity index (χ1n) is 6.69. The predicted molar refractivity (Wildman–Crippen MR) is 77.0 cm³/mol. The average molecular weight is 350 g/mol. The van der Waals surface area contributed by atoms with E-state index in [1.165, 1.54) is 24.3 Å². The minimum Gasteiger partial charge on any atom is -0.476 e. The molecule has 118 valence electrons. The molecule has 0 aliphatic heterocycles. The summed E-state index contributed by atoms with van der Waals surface area (Å²) in [5.41, 5.74) is 0.474. The first-order valence-corrected chi connectivity index (χ1v) is 6.69. The fourth-order valence-corrected chi connectivity index (χ4v) is 1.55. The van der Waals surface area contributed by atoms with E-state index in [0.717, 1.165) is 12.8 Å². The third-order valence-electron chi connectivity index (χ3n) is 2.53. The second kappa shape index (κ2) is 13.5. The SMILES string of the molecule is CCOC(=O)[CH-]C(=O)c1ccc(C(=O)[CH-]C(=O)OCC)cc1.[Na+].[Na+]. The Balaban J connectivity index is 0. The van der Waals surface area contributed by atoms with Crippen LogP contribution in [0.25, 0.3) is 0 Å². The maximum Gasteiger partial charge on any atom is 1.00 e. The van der Waals surface area contributed by atoms with Crippen LogP contribution in [0.15, 0.2) is 24.3 Å². The first kappa shape index (κ1) is 25.5. The van der Waals surface area contributed by atoms with Crippen LogP contribution >= 0.6 is 0 Å². The van der Waals surface area contributed by atoms with Crippen molar-refractivity contribution in [2.75, 3.05) is 13.2 Å². The number of carbonyl (C=O) groups excluding carboxylic acids is 4. The molecule has 0 heterocycles. The van der Waals surface area contributed by atoms with Crippen molar-refractivity contribution in [3.63, 3.8) is 0 Å². The average Bonchev–Trinajstić information content (AvgIpc) is 2.47. The molecule has 0 atom stereocenters. The number of esters is 2. The quantitative estimate of drug-likeness (QED) is 0.155. The van der Waals surface area contributed by atoms with Crippen molar-refractivity contribution in [2.24, 2.45) is 0 Å². The van der Waals surface area contributed by atoms with Crippen molar-refractivity contribution in [3.8, 4) is 0 Å². The topological polar surface area (TPSA) is 86.7 Å². The Morgan fingerprint density at radius 1 is 0.750 bits per heavy atom. The molecule has 0 aliphatic rings. The van der Waals surface area contributed by atoms with Gasteiger partial charge in [-0.3, -0.25) is 9.59 Å². The molecular weight excluding hydrogens is 334 g/mol. The van der Waals surface area contributed by atoms with Crippen molar-refractivity contribution < 1.29 is 87.8 Å². The van der Waals surface area contributed by atoms with E-state index in [2.05, 4.69) is 9.47 Å². The van der Waals surface area contributed by atoms with E-state index in [4.69, 9.17) is 0 Å². The van der Waals surface area contributed by atoms with Gasteiger partial charge in [-0.1, -0.05) is 12.8 Å². The second-order valence-electron chi connectivity index (χ2n) is 4.10. The van der Waals surface area contributed by atoms with Gasteiger partial charge in [0.05, 0.1) is 13.2 Å². The normalized spacial score (nSPS) is 8.75. The molecular formula is C16H16Na2O6. The first-order chi connectivity index (χ1) is 10.5. The fourth-order valence-electron chi connectivity index (χ4n) is 1.55. The van der Waals surface area contributed by atoms with Gasteiger partial charge in [0.15, 0.2) is 0 Å². The van der Waals surface area contributed by atoms with E-state index in [0.29, 0.717) is 0 Å². The van der Waals surface area contributed by atoms with Crippen molar-refractivity contribution in [3.05, 3.63) is 48.2 Å². The Bertz CT molecular complexity index is 517.